The van der Waals surface area contributed by atoms with Gasteiger partial charge in [0, 0.05) is 6.20 Å². The van der Waals surface area contributed by atoms with Gasteiger partial charge in [-0.05, 0) is 18.1 Å². The number of hydrogen-bond donors (Lipinski definition) is 2. The first kappa shape index (κ1) is 23.6. The first-order valence-corrected chi connectivity index (χ1v) is 10.8. The number of aromatic amines is 1. The molecule has 3 aromatic rings. The Hall–Kier alpha value is -3.55. The SMILES string of the molecule is C[C@]1(COCc2ccccc2)O[C@@H](n2cc(C#N)c(=O)[nH]c2=O)[C@H](O)[C@@H]1OCc1ccccc1. The summed E-state index contributed by atoms with van der Waals surface area (Å²) < 4.78 is 19.1. The van der Waals surface area contributed by atoms with Crippen molar-refractivity contribution in [1.82, 2.24) is 9.55 Å². The van der Waals surface area contributed by atoms with E-state index in [1.807, 2.05) is 60.7 Å². The summed E-state index contributed by atoms with van der Waals surface area (Å²) in [4.78, 5) is 26.4. The van der Waals surface area contributed by atoms with Crippen LogP contribution in [0.2, 0.25) is 0 Å². The summed E-state index contributed by atoms with van der Waals surface area (Å²) in [6.07, 6.45) is -2.25. The van der Waals surface area contributed by atoms with Gasteiger partial charge in [-0.15, -0.1) is 0 Å². The maximum Gasteiger partial charge on any atom is 0.330 e. The van der Waals surface area contributed by atoms with Crippen LogP contribution in [0.5, 0.6) is 0 Å². The molecule has 1 saturated heterocycles. The maximum atomic E-state index is 12.5. The van der Waals surface area contributed by atoms with Gasteiger partial charge in [0.1, 0.15) is 29.4 Å². The van der Waals surface area contributed by atoms with Crippen LogP contribution in [-0.4, -0.2) is 39.1 Å². The highest BCUT2D eigenvalue weighted by molar-refractivity contribution is 5.22. The fraction of sp³-hybridized carbons (Fsp3) is 0.320. The number of aromatic nitrogens is 2. The summed E-state index contributed by atoms with van der Waals surface area (Å²) in [5.41, 5.74) is -1.13. The minimum Gasteiger partial charge on any atom is -0.386 e. The van der Waals surface area contributed by atoms with Crippen LogP contribution in [-0.2, 0) is 27.4 Å². The minimum atomic E-state index is -1.27. The van der Waals surface area contributed by atoms with Gasteiger partial charge >= 0.3 is 5.69 Å². The number of aliphatic hydroxyl groups is 1. The fourth-order valence-electron chi connectivity index (χ4n) is 4.00. The van der Waals surface area contributed by atoms with Gasteiger partial charge in [0.15, 0.2) is 6.23 Å². The zero-order valence-corrected chi connectivity index (χ0v) is 18.6. The van der Waals surface area contributed by atoms with E-state index in [0.29, 0.717) is 6.61 Å². The lowest BCUT2D eigenvalue weighted by molar-refractivity contribution is -0.147. The topological polar surface area (TPSA) is 127 Å². The molecule has 2 aromatic carbocycles. The molecule has 9 heteroatoms. The average Bonchev–Trinajstić information content (AvgIpc) is 3.09. The first-order chi connectivity index (χ1) is 16.4. The van der Waals surface area contributed by atoms with E-state index >= 15 is 0 Å². The number of H-pyrrole nitrogens is 1. The van der Waals surface area contributed by atoms with Crippen molar-refractivity contribution in [2.24, 2.45) is 0 Å². The predicted molar refractivity (Wildman–Crippen MR) is 122 cm³/mol. The highest BCUT2D eigenvalue weighted by Gasteiger charge is 2.54. The van der Waals surface area contributed by atoms with E-state index in [9.17, 15) is 20.0 Å². The molecule has 1 aliphatic rings. The summed E-state index contributed by atoms with van der Waals surface area (Å²) in [5, 5.41) is 20.3. The number of benzene rings is 2. The Morgan fingerprint density at radius 3 is 2.32 bits per heavy atom. The van der Waals surface area contributed by atoms with Gasteiger partial charge in [-0.3, -0.25) is 14.3 Å². The third-order valence-corrected chi connectivity index (χ3v) is 5.73. The third kappa shape index (κ3) is 5.00. The Kier molecular flexibility index (Phi) is 7.05. The van der Waals surface area contributed by atoms with E-state index in [1.165, 1.54) is 0 Å². The van der Waals surface area contributed by atoms with Crippen molar-refractivity contribution in [3.8, 4) is 6.07 Å². The van der Waals surface area contributed by atoms with E-state index in [1.54, 1.807) is 13.0 Å². The molecule has 2 heterocycles. The van der Waals surface area contributed by atoms with E-state index in [0.717, 1.165) is 21.9 Å². The first-order valence-electron chi connectivity index (χ1n) is 10.8. The lowest BCUT2D eigenvalue weighted by Gasteiger charge is -2.30. The Morgan fingerprint density at radius 1 is 1.09 bits per heavy atom. The molecule has 0 amide bonds. The van der Waals surface area contributed by atoms with Crippen LogP contribution in [0.4, 0.5) is 0 Å². The van der Waals surface area contributed by atoms with Crippen molar-refractivity contribution in [3.63, 3.8) is 0 Å². The minimum absolute atomic E-state index is 0.0676. The van der Waals surface area contributed by atoms with Crippen molar-refractivity contribution < 1.29 is 19.3 Å². The Labute approximate surface area is 195 Å². The van der Waals surface area contributed by atoms with E-state index in [-0.39, 0.29) is 18.8 Å². The molecule has 4 atom stereocenters. The van der Waals surface area contributed by atoms with Crippen LogP contribution in [0.1, 0.15) is 29.8 Å². The molecule has 0 spiro atoms. The number of nitriles is 1. The predicted octanol–water partition coefficient (Wildman–Crippen LogP) is 1.86. The maximum absolute atomic E-state index is 12.5. The van der Waals surface area contributed by atoms with Gasteiger partial charge in [-0.2, -0.15) is 5.26 Å². The molecule has 9 nitrogen and oxygen atoms in total. The second kappa shape index (κ2) is 10.2. The molecule has 4 rings (SSSR count). The van der Waals surface area contributed by atoms with Gasteiger partial charge < -0.3 is 19.3 Å². The summed E-state index contributed by atoms with van der Waals surface area (Å²) in [5.74, 6) is 0. The molecule has 34 heavy (non-hydrogen) atoms. The second-order valence-corrected chi connectivity index (χ2v) is 8.33. The van der Waals surface area contributed by atoms with Crippen molar-refractivity contribution in [2.45, 2.75) is 44.2 Å². The number of ether oxygens (including phenoxy) is 3. The molecule has 0 radical (unpaired) electrons. The average molecular weight is 463 g/mol. The van der Waals surface area contributed by atoms with Gasteiger partial charge in [-0.25, -0.2) is 4.79 Å². The quantitative estimate of drug-likeness (QED) is 0.522. The fourth-order valence-corrected chi connectivity index (χ4v) is 4.00. The number of nitrogens with one attached hydrogen (secondary N) is 1. The Morgan fingerprint density at radius 2 is 1.71 bits per heavy atom. The summed E-state index contributed by atoms with van der Waals surface area (Å²) in [6.45, 7) is 2.33. The van der Waals surface area contributed by atoms with Crippen LogP contribution in [0.15, 0.2) is 76.4 Å². The van der Waals surface area contributed by atoms with Crippen LogP contribution in [0, 0.1) is 11.3 Å². The molecular formula is C25H25N3O6. The number of nitrogens with zero attached hydrogens (tertiary/aromatic N) is 2. The molecule has 1 fully saturated rings. The highest BCUT2D eigenvalue weighted by Crippen LogP contribution is 2.39. The molecule has 1 aliphatic heterocycles. The second-order valence-electron chi connectivity index (χ2n) is 8.33. The molecule has 0 bridgehead atoms. The summed E-state index contributed by atoms with van der Waals surface area (Å²) in [7, 11) is 0. The lowest BCUT2D eigenvalue weighted by atomic mass is 9.98. The van der Waals surface area contributed by atoms with Gasteiger partial charge in [0.05, 0.1) is 19.8 Å². The largest absolute Gasteiger partial charge is 0.386 e. The van der Waals surface area contributed by atoms with Crippen LogP contribution < -0.4 is 11.2 Å². The van der Waals surface area contributed by atoms with E-state index in [4.69, 9.17) is 14.2 Å². The Bertz CT molecular complexity index is 1270. The normalized spacial score (nSPS) is 24.1. The van der Waals surface area contributed by atoms with Crippen molar-refractivity contribution in [1.29, 1.82) is 5.26 Å². The molecule has 0 unspecified atom stereocenters. The van der Waals surface area contributed by atoms with Crippen molar-refractivity contribution in [2.75, 3.05) is 6.61 Å². The van der Waals surface area contributed by atoms with Gasteiger partial charge in [-0.1, -0.05) is 60.7 Å². The van der Waals surface area contributed by atoms with Crippen LogP contribution >= 0.6 is 0 Å². The monoisotopic (exact) mass is 463 g/mol. The molecule has 0 aliphatic carbocycles. The number of aliphatic hydroxyl groups excluding tert-OH is 1. The molecule has 0 saturated carbocycles. The van der Waals surface area contributed by atoms with E-state index < -0.39 is 35.3 Å². The highest BCUT2D eigenvalue weighted by atomic mass is 16.6. The van der Waals surface area contributed by atoms with Crippen LogP contribution in [0.25, 0.3) is 0 Å². The van der Waals surface area contributed by atoms with Crippen molar-refractivity contribution >= 4 is 0 Å². The molecule has 176 valence electrons. The van der Waals surface area contributed by atoms with Crippen molar-refractivity contribution in [3.05, 3.63) is 104 Å². The standard InChI is InChI=1S/C25H25N3O6/c1-25(16-32-14-17-8-4-2-5-9-17)21(33-15-18-10-6-3-7-11-18)20(29)23(34-25)28-13-19(12-26)22(30)27-24(28)31/h2-11,13,20-21,23,29H,14-16H2,1H3,(H,27,30,31)/t20-,21+,23-,25-/m1/s1. The van der Waals surface area contributed by atoms with Crippen LogP contribution in [0.3, 0.4) is 0 Å². The molecule has 1 aromatic heterocycles. The summed E-state index contributed by atoms with van der Waals surface area (Å²) >= 11 is 0. The third-order valence-electron chi connectivity index (χ3n) is 5.73. The Balaban J connectivity index is 1.59. The molecule has 2 N–H and O–H groups in total. The number of rotatable bonds is 8. The van der Waals surface area contributed by atoms with Gasteiger partial charge in [0.25, 0.3) is 5.56 Å². The summed E-state index contributed by atoms with van der Waals surface area (Å²) in [6, 6.07) is 20.8. The smallest absolute Gasteiger partial charge is 0.330 e. The van der Waals surface area contributed by atoms with E-state index in [2.05, 4.69) is 4.98 Å². The molecular weight excluding hydrogens is 438 g/mol. The van der Waals surface area contributed by atoms with Gasteiger partial charge in [0.2, 0.25) is 0 Å². The number of hydrogen-bond acceptors (Lipinski definition) is 7. The zero-order chi connectivity index (χ0) is 24.1. The lowest BCUT2D eigenvalue weighted by Crippen LogP contribution is -2.46. The zero-order valence-electron chi connectivity index (χ0n) is 18.6.